The van der Waals surface area contributed by atoms with E-state index in [0.29, 0.717) is 18.5 Å². The van der Waals surface area contributed by atoms with Gasteiger partial charge in [0.15, 0.2) is 5.13 Å². The summed E-state index contributed by atoms with van der Waals surface area (Å²) in [5, 5.41) is 1.17. The van der Waals surface area contributed by atoms with Crippen LogP contribution >= 0.6 is 11.3 Å². The Morgan fingerprint density at radius 1 is 1.30 bits per heavy atom. The van der Waals surface area contributed by atoms with Crippen LogP contribution in [0, 0.1) is 0 Å². The second kappa shape index (κ2) is 7.41. The molecule has 0 radical (unpaired) electrons. The standard InChI is InChI=1S/C16H29N3S/c1-4-12(2)15-14(11-17)20-16(18-15)19(3)13-9-7-5-6-8-10-13/h12-13H,4-11,17H2,1-3H3. The number of anilines is 1. The van der Waals surface area contributed by atoms with E-state index in [1.165, 1.54) is 54.2 Å². The third-order valence-electron chi connectivity index (χ3n) is 4.65. The molecule has 1 aromatic rings. The van der Waals surface area contributed by atoms with Crippen molar-refractivity contribution in [3.8, 4) is 0 Å². The average Bonchev–Trinajstić information content (AvgIpc) is 2.72. The van der Waals surface area contributed by atoms with Crippen LogP contribution in [-0.2, 0) is 6.54 Å². The lowest BCUT2D eigenvalue weighted by Gasteiger charge is -2.26. The maximum atomic E-state index is 5.91. The van der Waals surface area contributed by atoms with Crippen molar-refractivity contribution in [2.45, 2.75) is 77.3 Å². The molecule has 2 N–H and O–H groups in total. The fourth-order valence-electron chi connectivity index (χ4n) is 3.03. The van der Waals surface area contributed by atoms with Crippen LogP contribution < -0.4 is 10.6 Å². The van der Waals surface area contributed by atoms with Crippen molar-refractivity contribution in [2.24, 2.45) is 5.73 Å². The van der Waals surface area contributed by atoms with Gasteiger partial charge in [-0.05, 0) is 25.2 Å². The zero-order valence-corrected chi connectivity index (χ0v) is 14.0. The molecule has 1 aromatic heterocycles. The van der Waals surface area contributed by atoms with E-state index in [1.54, 1.807) is 11.3 Å². The van der Waals surface area contributed by atoms with Gasteiger partial charge < -0.3 is 10.6 Å². The number of hydrogen-bond acceptors (Lipinski definition) is 4. The minimum absolute atomic E-state index is 0.515. The Morgan fingerprint density at radius 3 is 2.50 bits per heavy atom. The molecule has 1 saturated carbocycles. The summed E-state index contributed by atoms with van der Waals surface area (Å²) in [5.74, 6) is 0.515. The molecular weight excluding hydrogens is 266 g/mol. The van der Waals surface area contributed by atoms with Gasteiger partial charge in [0.25, 0.3) is 0 Å². The summed E-state index contributed by atoms with van der Waals surface area (Å²) in [6.45, 7) is 5.10. The quantitative estimate of drug-likeness (QED) is 0.825. The maximum absolute atomic E-state index is 5.91. The van der Waals surface area contributed by atoms with Crippen molar-refractivity contribution in [2.75, 3.05) is 11.9 Å². The topological polar surface area (TPSA) is 42.2 Å². The van der Waals surface area contributed by atoms with Gasteiger partial charge in [0.1, 0.15) is 0 Å². The maximum Gasteiger partial charge on any atom is 0.185 e. The zero-order valence-electron chi connectivity index (χ0n) is 13.2. The van der Waals surface area contributed by atoms with Crippen molar-refractivity contribution in [3.63, 3.8) is 0 Å². The third-order valence-corrected chi connectivity index (χ3v) is 5.84. The Kier molecular flexibility index (Phi) is 5.85. The lowest BCUT2D eigenvalue weighted by atomic mass is 10.0. The molecule has 1 atom stereocenters. The van der Waals surface area contributed by atoms with Crippen molar-refractivity contribution < 1.29 is 0 Å². The van der Waals surface area contributed by atoms with E-state index in [1.807, 2.05) is 0 Å². The molecule has 0 aliphatic heterocycles. The average molecular weight is 295 g/mol. The Labute approximate surface area is 127 Å². The van der Waals surface area contributed by atoms with Gasteiger partial charge in [-0.15, -0.1) is 11.3 Å². The Morgan fingerprint density at radius 2 is 1.95 bits per heavy atom. The minimum atomic E-state index is 0.515. The number of nitrogens with zero attached hydrogens (tertiary/aromatic N) is 2. The number of aromatic nitrogens is 1. The lowest BCUT2D eigenvalue weighted by molar-refractivity contribution is 0.551. The van der Waals surface area contributed by atoms with Gasteiger partial charge in [-0.2, -0.15) is 0 Å². The second-order valence-electron chi connectivity index (χ2n) is 6.07. The van der Waals surface area contributed by atoms with Crippen LogP contribution in [0.1, 0.15) is 75.3 Å². The van der Waals surface area contributed by atoms with Gasteiger partial charge in [0, 0.05) is 24.5 Å². The van der Waals surface area contributed by atoms with Crippen LogP contribution in [0.15, 0.2) is 0 Å². The smallest absolute Gasteiger partial charge is 0.185 e. The number of nitrogens with two attached hydrogens (primary N) is 1. The van der Waals surface area contributed by atoms with E-state index in [4.69, 9.17) is 10.7 Å². The van der Waals surface area contributed by atoms with E-state index >= 15 is 0 Å². The van der Waals surface area contributed by atoms with Crippen LogP contribution in [0.3, 0.4) is 0 Å². The summed E-state index contributed by atoms with van der Waals surface area (Å²) < 4.78 is 0. The summed E-state index contributed by atoms with van der Waals surface area (Å²) in [4.78, 5) is 8.61. The van der Waals surface area contributed by atoms with Gasteiger partial charge in [0.05, 0.1) is 5.69 Å². The predicted octanol–water partition coefficient (Wildman–Crippen LogP) is 4.27. The van der Waals surface area contributed by atoms with E-state index in [-0.39, 0.29) is 0 Å². The molecule has 3 nitrogen and oxygen atoms in total. The van der Waals surface area contributed by atoms with Crippen LogP contribution in [0.2, 0.25) is 0 Å². The fraction of sp³-hybridized carbons (Fsp3) is 0.812. The molecule has 1 aliphatic rings. The third kappa shape index (κ3) is 3.53. The molecule has 20 heavy (non-hydrogen) atoms. The Hall–Kier alpha value is -0.610. The van der Waals surface area contributed by atoms with Crippen molar-refractivity contribution >= 4 is 16.5 Å². The van der Waals surface area contributed by atoms with E-state index in [9.17, 15) is 0 Å². The molecule has 0 amide bonds. The normalized spacial score (nSPS) is 18.8. The Bertz CT molecular complexity index is 408. The van der Waals surface area contributed by atoms with E-state index < -0.39 is 0 Å². The number of rotatable bonds is 5. The highest BCUT2D eigenvalue weighted by molar-refractivity contribution is 7.15. The first kappa shape index (κ1) is 15.8. The first-order chi connectivity index (χ1) is 9.67. The molecule has 2 rings (SSSR count). The van der Waals surface area contributed by atoms with Gasteiger partial charge in [-0.25, -0.2) is 4.98 Å². The molecule has 1 fully saturated rings. The Balaban J connectivity index is 2.16. The highest BCUT2D eigenvalue weighted by atomic mass is 32.1. The number of thiazole rings is 1. The van der Waals surface area contributed by atoms with Crippen molar-refractivity contribution in [1.82, 2.24) is 4.98 Å². The summed E-state index contributed by atoms with van der Waals surface area (Å²) >= 11 is 1.80. The van der Waals surface area contributed by atoms with Crippen LogP contribution in [0.4, 0.5) is 5.13 Å². The van der Waals surface area contributed by atoms with Crippen molar-refractivity contribution in [1.29, 1.82) is 0 Å². The molecule has 0 saturated heterocycles. The second-order valence-corrected chi connectivity index (χ2v) is 7.14. The van der Waals surface area contributed by atoms with Gasteiger partial charge in [-0.1, -0.05) is 39.5 Å². The molecule has 0 spiro atoms. The van der Waals surface area contributed by atoms with Crippen molar-refractivity contribution in [3.05, 3.63) is 10.6 Å². The molecule has 0 bridgehead atoms. The van der Waals surface area contributed by atoms with Crippen LogP contribution in [0.5, 0.6) is 0 Å². The summed E-state index contributed by atoms with van der Waals surface area (Å²) in [6.07, 6.45) is 9.27. The van der Waals surface area contributed by atoms with E-state index in [2.05, 4.69) is 25.8 Å². The molecule has 1 heterocycles. The molecule has 114 valence electrons. The molecular formula is C16H29N3S. The van der Waals surface area contributed by atoms with Gasteiger partial charge >= 0.3 is 0 Å². The highest BCUT2D eigenvalue weighted by Gasteiger charge is 2.22. The lowest BCUT2D eigenvalue weighted by Crippen LogP contribution is -2.30. The summed E-state index contributed by atoms with van der Waals surface area (Å²) in [7, 11) is 2.22. The summed E-state index contributed by atoms with van der Waals surface area (Å²) in [5.41, 5.74) is 7.14. The first-order valence-electron chi connectivity index (χ1n) is 8.09. The first-order valence-corrected chi connectivity index (χ1v) is 8.91. The van der Waals surface area contributed by atoms with Gasteiger partial charge in [0.2, 0.25) is 0 Å². The van der Waals surface area contributed by atoms with E-state index in [0.717, 1.165) is 6.42 Å². The monoisotopic (exact) mass is 295 g/mol. The fourth-order valence-corrected chi connectivity index (χ4v) is 4.12. The zero-order chi connectivity index (χ0) is 14.5. The largest absolute Gasteiger partial charge is 0.348 e. The SMILES string of the molecule is CCC(C)c1nc(N(C)C2CCCCCC2)sc1CN. The minimum Gasteiger partial charge on any atom is -0.348 e. The molecule has 1 aliphatic carbocycles. The predicted molar refractivity (Wildman–Crippen MR) is 88.6 cm³/mol. The summed E-state index contributed by atoms with van der Waals surface area (Å²) in [6, 6.07) is 0.666. The molecule has 0 aromatic carbocycles. The van der Waals surface area contributed by atoms with Crippen LogP contribution in [-0.4, -0.2) is 18.1 Å². The number of hydrogen-bond donors (Lipinski definition) is 1. The highest BCUT2D eigenvalue weighted by Crippen LogP contribution is 2.34. The molecule has 4 heteroatoms. The molecule has 1 unspecified atom stereocenters. The van der Waals surface area contributed by atoms with Gasteiger partial charge in [-0.3, -0.25) is 0 Å². The van der Waals surface area contributed by atoms with Crippen LogP contribution in [0.25, 0.3) is 0 Å².